The standard InChI is InChI=1S/C22H29NO5/c1-7-17(28-18-10-8-9-14(2)15(18)3)22(24)23-13-16-11-19(25-4)21(27-6)20(12-16)26-5/h8-12,17H,7,13H2,1-6H3,(H,23,24)/t17-/m0/s1. The van der Waals surface area contributed by atoms with Gasteiger partial charge in [-0.15, -0.1) is 0 Å². The van der Waals surface area contributed by atoms with Gasteiger partial charge in [0, 0.05) is 6.54 Å². The topological polar surface area (TPSA) is 66.0 Å². The molecule has 0 aliphatic heterocycles. The summed E-state index contributed by atoms with van der Waals surface area (Å²) in [6, 6.07) is 9.46. The molecule has 0 fully saturated rings. The van der Waals surface area contributed by atoms with Crippen molar-refractivity contribution in [1.29, 1.82) is 0 Å². The van der Waals surface area contributed by atoms with Crippen molar-refractivity contribution in [2.75, 3.05) is 21.3 Å². The highest BCUT2D eigenvalue weighted by Crippen LogP contribution is 2.38. The fourth-order valence-electron chi connectivity index (χ4n) is 2.87. The van der Waals surface area contributed by atoms with E-state index in [1.165, 1.54) is 0 Å². The maximum atomic E-state index is 12.7. The molecule has 152 valence electrons. The molecule has 0 aromatic heterocycles. The van der Waals surface area contributed by atoms with Gasteiger partial charge in [0.25, 0.3) is 5.91 Å². The van der Waals surface area contributed by atoms with Gasteiger partial charge in [-0.3, -0.25) is 4.79 Å². The molecule has 1 N–H and O–H groups in total. The zero-order valence-electron chi connectivity index (χ0n) is 17.4. The molecule has 6 nitrogen and oxygen atoms in total. The summed E-state index contributed by atoms with van der Waals surface area (Å²) >= 11 is 0. The van der Waals surface area contributed by atoms with Crippen LogP contribution in [-0.2, 0) is 11.3 Å². The number of carbonyl (C=O) groups is 1. The number of hydrogen-bond donors (Lipinski definition) is 1. The number of ether oxygens (including phenoxy) is 4. The van der Waals surface area contributed by atoms with Crippen molar-refractivity contribution in [3.05, 3.63) is 47.0 Å². The van der Waals surface area contributed by atoms with Crippen LogP contribution in [0.3, 0.4) is 0 Å². The average Bonchev–Trinajstić information content (AvgIpc) is 2.72. The molecule has 2 aromatic rings. The van der Waals surface area contributed by atoms with Crippen LogP contribution in [0.1, 0.15) is 30.0 Å². The Balaban J connectivity index is 2.10. The van der Waals surface area contributed by atoms with Gasteiger partial charge in [-0.05, 0) is 55.2 Å². The number of hydrogen-bond acceptors (Lipinski definition) is 5. The summed E-state index contributed by atoms with van der Waals surface area (Å²) in [7, 11) is 4.67. The van der Waals surface area contributed by atoms with E-state index in [1.54, 1.807) is 21.3 Å². The summed E-state index contributed by atoms with van der Waals surface area (Å²) in [5.74, 6) is 2.17. The van der Waals surface area contributed by atoms with Crippen LogP contribution < -0.4 is 24.3 Å². The van der Waals surface area contributed by atoms with E-state index in [-0.39, 0.29) is 5.91 Å². The van der Waals surface area contributed by atoms with Gasteiger partial charge in [0.1, 0.15) is 5.75 Å². The molecule has 0 unspecified atom stereocenters. The molecule has 0 saturated carbocycles. The van der Waals surface area contributed by atoms with E-state index in [0.717, 1.165) is 22.4 Å². The first-order chi connectivity index (χ1) is 13.4. The maximum absolute atomic E-state index is 12.7. The van der Waals surface area contributed by atoms with Crippen LogP contribution >= 0.6 is 0 Å². The van der Waals surface area contributed by atoms with Crippen LogP contribution in [0.4, 0.5) is 0 Å². The highest BCUT2D eigenvalue weighted by atomic mass is 16.5. The monoisotopic (exact) mass is 387 g/mol. The highest BCUT2D eigenvalue weighted by molar-refractivity contribution is 5.81. The zero-order valence-corrected chi connectivity index (χ0v) is 17.4. The van der Waals surface area contributed by atoms with E-state index < -0.39 is 6.10 Å². The Morgan fingerprint density at radius 1 is 1.00 bits per heavy atom. The number of rotatable bonds is 9. The van der Waals surface area contributed by atoms with Crippen LogP contribution in [0.5, 0.6) is 23.0 Å². The van der Waals surface area contributed by atoms with Gasteiger partial charge >= 0.3 is 0 Å². The van der Waals surface area contributed by atoms with Gasteiger partial charge in [0.2, 0.25) is 5.75 Å². The predicted octanol–water partition coefficient (Wildman–Crippen LogP) is 3.80. The summed E-state index contributed by atoms with van der Waals surface area (Å²) in [5, 5.41) is 2.93. The van der Waals surface area contributed by atoms with Crippen molar-refractivity contribution in [2.24, 2.45) is 0 Å². The third kappa shape index (κ3) is 4.88. The Morgan fingerprint density at radius 3 is 2.18 bits per heavy atom. The lowest BCUT2D eigenvalue weighted by Gasteiger charge is -2.20. The molecule has 0 spiro atoms. The molecule has 0 radical (unpaired) electrons. The molecule has 1 atom stereocenters. The number of carbonyl (C=O) groups excluding carboxylic acids is 1. The maximum Gasteiger partial charge on any atom is 0.261 e. The van der Waals surface area contributed by atoms with Crippen molar-refractivity contribution >= 4 is 5.91 Å². The van der Waals surface area contributed by atoms with E-state index in [0.29, 0.717) is 30.2 Å². The Hall–Kier alpha value is -2.89. The van der Waals surface area contributed by atoms with E-state index in [4.69, 9.17) is 18.9 Å². The van der Waals surface area contributed by atoms with Crippen LogP contribution in [0.15, 0.2) is 30.3 Å². The SMILES string of the molecule is CC[C@H](Oc1cccc(C)c1C)C(=O)NCc1cc(OC)c(OC)c(OC)c1. The van der Waals surface area contributed by atoms with Gasteiger partial charge in [0.15, 0.2) is 17.6 Å². The molecular formula is C22H29NO5. The Kier molecular flexibility index (Phi) is 7.55. The molecule has 0 saturated heterocycles. The average molecular weight is 387 g/mol. The minimum atomic E-state index is -0.567. The molecule has 0 aliphatic rings. The molecule has 0 heterocycles. The molecule has 0 bridgehead atoms. The predicted molar refractivity (Wildman–Crippen MR) is 109 cm³/mol. The Morgan fingerprint density at radius 2 is 1.64 bits per heavy atom. The molecule has 2 rings (SSSR count). The molecule has 0 aliphatic carbocycles. The first-order valence-corrected chi connectivity index (χ1v) is 9.24. The van der Waals surface area contributed by atoms with E-state index in [1.807, 2.05) is 51.1 Å². The van der Waals surface area contributed by atoms with E-state index in [9.17, 15) is 4.79 Å². The third-order valence-corrected chi connectivity index (χ3v) is 4.68. The van der Waals surface area contributed by atoms with Crippen LogP contribution in [0.2, 0.25) is 0 Å². The van der Waals surface area contributed by atoms with Gasteiger partial charge in [-0.25, -0.2) is 0 Å². The molecule has 2 aromatic carbocycles. The fourth-order valence-corrected chi connectivity index (χ4v) is 2.87. The fraction of sp³-hybridized carbons (Fsp3) is 0.409. The van der Waals surface area contributed by atoms with Crippen molar-refractivity contribution in [3.63, 3.8) is 0 Å². The molecule has 1 amide bonds. The number of methoxy groups -OCH3 is 3. The molecular weight excluding hydrogens is 358 g/mol. The zero-order chi connectivity index (χ0) is 20.7. The second-order valence-corrected chi connectivity index (χ2v) is 6.46. The Bertz CT molecular complexity index is 794. The van der Waals surface area contributed by atoms with Gasteiger partial charge in [0.05, 0.1) is 21.3 Å². The van der Waals surface area contributed by atoms with Crippen molar-refractivity contribution in [2.45, 2.75) is 39.8 Å². The number of nitrogens with one attached hydrogen (secondary N) is 1. The lowest BCUT2D eigenvalue weighted by atomic mass is 10.1. The lowest BCUT2D eigenvalue weighted by molar-refractivity contribution is -0.128. The summed E-state index contributed by atoms with van der Waals surface area (Å²) in [5.41, 5.74) is 3.01. The molecule has 6 heteroatoms. The normalized spacial score (nSPS) is 11.5. The molecule has 28 heavy (non-hydrogen) atoms. The van der Waals surface area contributed by atoms with E-state index in [2.05, 4.69) is 5.32 Å². The highest BCUT2D eigenvalue weighted by Gasteiger charge is 2.20. The number of amides is 1. The first-order valence-electron chi connectivity index (χ1n) is 9.24. The summed E-state index contributed by atoms with van der Waals surface area (Å²) in [4.78, 5) is 12.7. The minimum Gasteiger partial charge on any atom is -0.493 e. The lowest BCUT2D eigenvalue weighted by Crippen LogP contribution is -2.37. The minimum absolute atomic E-state index is 0.169. The van der Waals surface area contributed by atoms with Gasteiger partial charge < -0.3 is 24.3 Å². The van der Waals surface area contributed by atoms with Crippen molar-refractivity contribution in [1.82, 2.24) is 5.32 Å². The second-order valence-electron chi connectivity index (χ2n) is 6.46. The van der Waals surface area contributed by atoms with Gasteiger partial charge in [-0.2, -0.15) is 0 Å². The summed E-state index contributed by atoms with van der Waals surface area (Å²) < 4.78 is 22.0. The second kappa shape index (κ2) is 9.88. The Labute approximate surface area is 166 Å². The van der Waals surface area contributed by atoms with Crippen molar-refractivity contribution < 1.29 is 23.7 Å². The third-order valence-electron chi connectivity index (χ3n) is 4.68. The smallest absolute Gasteiger partial charge is 0.261 e. The number of benzene rings is 2. The summed E-state index contributed by atoms with van der Waals surface area (Å²) in [6.45, 7) is 6.26. The van der Waals surface area contributed by atoms with Gasteiger partial charge in [-0.1, -0.05) is 19.1 Å². The van der Waals surface area contributed by atoms with E-state index >= 15 is 0 Å². The number of aryl methyl sites for hydroxylation is 1. The van der Waals surface area contributed by atoms with Crippen LogP contribution in [-0.4, -0.2) is 33.3 Å². The van der Waals surface area contributed by atoms with Crippen molar-refractivity contribution in [3.8, 4) is 23.0 Å². The van der Waals surface area contributed by atoms with Crippen LogP contribution in [0, 0.1) is 13.8 Å². The largest absolute Gasteiger partial charge is 0.493 e. The summed E-state index contributed by atoms with van der Waals surface area (Å²) in [6.07, 6.45) is -0.00313. The first kappa shape index (κ1) is 21.4. The van der Waals surface area contributed by atoms with Crippen LogP contribution in [0.25, 0.3) is 0 Å². The quantitative estimate of drug-likeness (QED) is 0.709.